The lowest BCUT2D eigenvalue weighted by Gasteiger charge is -2.34. The van der Waals surface area contributed by atoms with E-state index < -0.39 is 5.41 Å². The number of carbonyl (C=O) groups is 1. The Hall–Kier alpha value is -3.59. The van der Waals surface area contributed by atoms with Crippen LogP contribution in [0.3, 0.4) is 0 Å². The molecule has 5 rings (SSSR count). The van der Waals surface area contributed by atoms with Crippen molar-refractivity contribution in [1.82, 2.24) is 15.0 Å². The highest BCUT2D eigenvalue weighted by Gasteiger charge is 2.41. The van der Waals surface area contributed by atoms with Gasteiger partial charge in [-0.05, 0) is 99.2 Å². The average molecular weight is 614 g/mol. The molecule has 45 heavy (non-hydrogen) atoms. The van der Waals surface area contributed by atoms with Crippen LogP contribution in [0.15, 0.2) is 60.7 Å². The van der Waals surface area contributed by atoms with Crippen LogP contribution in [0, 0.1) is 19.3 Å². The van der Waals surface area contributed by atoms with Gasteiger partial charge in [0.15, 0.2) is 6.29 Å². The molecular weight excluding hydrogens is 566 g/mol. The van der Waals surface area contributed by atoms with Gasteiger partial charge in [-0.1, -0.05) is 59.8 Å². The fourth-order valence-corrected chi connectivity index (χ4v) is 6.31. The summed E-state index contributed by atoms with van der Waals surface area (Å²) in [6.07, 6.45) is 4.82. The van der Waals surface area contributed by atoms with Gasteiger partial charge in [0.05, 0.1) is 31.3 Å². The van der Waals surface area contributed by atoms with E-state index in [1.165, 1.54) is 12.7 Å². The lowest BCUT2D eigenvalue weighted by atomic mass is 9.69. The Kier molecular flexibility index (Phi) is 11.0. The first-order valence-electron chi connectivity index (χ1n) is 16.1. The average Bonchev–Trinajstić information content (AvgIpc) is 3.48. The molecule has 1 aromatic heterocycles. The molecule has 0 N–H and O–H groups in total. The van der Waals surface area contributed by atoms with Gasteiger partial charge in [0.2, 0.25) is 0 Å². The minimum Gasteiger partial charge on any atom is -0.469 e. The molecule has 240 valence electrons. The highest BCUT2D eigenvalue weighted by Crippen LogP contribution is 2.44. The summed E-state index contributed by atoms with van der Waals surface area (Å²) >= 11 is 0. The van der Waals surface area contributed by atoms with Crippen molar-refractivity contribution in [2.24, 2.45) is 5.41 Å². The molecule has 4 aromatic rings. The second kappa shape index (κ2) is 15.1. The highest BCUT2D eigenvalue weighted by atomic mass is 16.7. The van der Waals surface area contributed by atoms with Crippen LogP contribution < -0.4 is 0 Å². The first kappa shape index (κ1) is 32.8. The van der Waals surface area contributed by atoms with E-state index in [0.717, 1.165) is 84.1 Å². The molecular formula is C37H47N3O5. The maximum absolute atomic E-state index is 13.3. The Bertz CT molecular complexity index is 1560. The number of aromatic nitrogens is 3. The maximum atomic E-state index is 13.3. The number of fused-ring (bicyclic) bond motifs is 1. The van der Waals surface area contributed by atoms with E-state index in [-0.39, 0.29) is 18.2 Å². The van der Waals surface area contributed by atoms with E-state index >= 15 is 0 Å². The van der Waals surface area contributed by atoms with Gasteiger partial charge in [-0.15, -0.1) is 5.10 Å². The number of nitrogens with zero attached hydrogens (tertiary/aromatic N) is 3. The smallest absolute Gasteiger partial charge is 0.312 e. The lowest BCUT2D eigenvalue weighted by Crippen LogP contribution is -2.34. The van der Waals surface area contributed by atoms with Gasteiger partial charge in [-0.2, -0.15) is 0 Å². The van der Waals surface area contributed by atoms with Crippen LogP contribution in [-0.2, 0) is 43.5 Å². The van der Waals surface area contributed by atoms with Gasteiger partial charge >= 0.3 is 5.97 Å². The van der Waals surface area contributed by atoms with E-state index in [4.69, 9.17) is 18.9 Å². The van der Waals surface area contributed by atoms with Crippen molar-refractivity contribution in [1.29, 1.82) is 0 Å². The second-order valence-electron chi connectivity index (χ2n) is 12.6. The third-order valence-corrected chi connectivity index (χ3v) is 9.02. The molecule has 1 fully saturated rings. The Labute approximate surface area is 267 Å². The monoisotopic (exact) mass is 613 g/mol. The Morgan fingerprint density at radius 1 is 1.04 bits per heavy atom. The quantitative estimate of drug-likeness (QED) is 0.108. The number of carbonyl (C=O) groups excluding carboxylic acids is 1. The molecule has 1 saturated heterocycles. The van der Waals surface area contributed by atoms with Gasteiger partial charge in [0, 0.05) is 25.7 Å². The summed E-state index contributed by atoms with van der Waals surface area (Å²) in [6, 6.07) is 20.8. The molecule has 0 saturated carbocycles. The summed E-state index contributed by atoms with van der Waals surface area (Å²) in [4.78, 5) is 13.3. The summed E-state index contributed by atoms with van der Waals surface area (Å²) in [5.74, 6) is -0.536. The molecule has 0 amide bonds. The minimum atomic E-state index is -0.844. The summed E-state index contributed by atoms with van der Waals surface area (Å²) in [5.41, 5.74) is 7.49. The SMILES string of the molecule is COC(=O)C(C)(C)C(c1ccc(C)c(COC2CCCCO2)c1)c1ccc2c(nnn2CCCCOCc2ccccc2)c1C. The molecule has 0 radical (unpaired) electrons. The molecule has 8 nitrogen and oxygen atoms in total. The van der Waals surface area contributed by atoms with Crippen LogP contribution >= 0.6 is 0 Å². The molecule has 1 aliphatic rings. The van der Waals surface area contributed by atoms with Crippen molar-refractivity contribution >= 4 is 17.0 Å². The number of esters is 1. The van der Waals surface area contributed by atoms with Crippen LogP contribution in [0.1, 0.15) is 85.3 Å². The number of methoxy groups -OCH3 is 1. The van der Waals surface area contributed by atoms with Gasteiger partial charge in [0.25, 0.3) is 0 Å². The van der Waals surface area contributed by atoms with Crippen molar-refractivity contribution in [2.75, 3.05) is 20.3 Å². The highest BCUT2D eigenvalue weighted by molar-refractivity contribution is 5.82. The normalized spacial score (nSPS) is 16.2. The van der Waals surface area contributed by atoms with Crippen LogP contribution in [0.25, 0.3) is 11.0 Å². The Balaban J connectivity index is 1.35. The standard InChI is InChI=1S/C37H47N3O5/c1-26-16-17-29(23-30(26)25-45-33-15-9-11-22-44-33)34(37(3,4)36(41)42-5)31-18-19-32-35(27(31)2)38-39-40(32)20-10-12-21-43-24-28-13-7-6-8-14-28/h6-8,13-14,16-19,23,33-34H,9-12,15,20-22,24-25H2,1-5H3. The van der Waals surface area contributed by atoms with Crippen molar-refractivity contribution in [3.8, 4) is 0 Å². The van der Waals surface area contributed by atoms with Crippen LogP contribution in [0.4, 0.5) is 0 Å². The summed E-state index contributed by atoms with van der Waals surface area (Å²) in [5, 5.41) is 9.11. The van der Waals surface area contributed by atoms with Gasteiger partial charge < -0.3 is 18.9 Å². The predicted molar refractivity (Wildman–Crippen MR) is 175 cm³/mol. The van der Waals surface area contributed by atoms with Crippen LogP contribution in [0.5, 0.6) is 0 Å². The largest absolute Gasteiger partial charge is 0.469 e. The zero-order chi connectivity index (χ0) is 31.8. The van der Waals surface area contributed by atoms with E-state index in [2.05, 4.69) is 66.6 Å². The maximum Gasteiger partial charge on any atom is 0.312 e. The third kappa shape index (κ3) is 7.80. The number of aryl methyl sites for hydroxylation is 3. The molecule has 0 aliphatic carbocycles. The third-order valence-electron chi connectivity index (χ3n) is 9.02. The molecule has 2 unspecified atom stereocenters. The Morgan fingerprint density at radius 2 is 1.87 bits per heavy atom. The lowest BCUT2D eigenvalue weighted by molar-refractivity contribution is -0.169. The number of benzene rings is 3. The molecule has 2 atom stereocenters. The molecule has 8 heteroatoms. The Morgan fingerprint density at radius 3 is 2.62 bits per heavy atom. The minimum absolute atomic E-state index is 0.168. The number of hydrogen-bond donors (Lipinski definition) is 0. The molecule has 0 bridgehead atoms. The van der Waals surface area contributed by atoms with E-state index in [9.17, 15) is 4.79 Å². The summed E-state index contributed by atoms with van der Waals surface area (Å²) < 4.78 is 25.1. The number of rotatable bonds is 14. The van der Waals surface area contributed by atoms with E-state index in [0.29, 0.717) is 19.8 Å². The van der Waals surface area contributed by atoms with Crippen molar-refractivity contribution in [2.45, 2.75) is 91.8 Å². The summed E-state index contributed by atoms with van der Waals surface area (Å²) in [7, 11) is 1.45. The molecule has 2 heterocycles. The topological polar surface area (TPSA) is 84.7 Å². The zero-order valence-corrected chi connectivity index (χ0v) is 27.4. The number of ether oxygens (including phenoxy) is 4. The molecule has 0 spiro atoms. The van der Waals surface area contributed by atoms with E-state index in [1.54, 1.807) is 0 Å². The van der Waals surface area contributed by atoms with Gasteiger partial charge in [-0.25, -0.2) is 4.68 Å². The number of unbranched alkanes of at least 4 members (excludes halogenated alkanes) is 1. The summed E-state index contributed by atoms with van der Waals surface area (Å²) in [6.45, 7) is 11.4. The number of hydrogen-bond acceptors (Lipinski definition) is 7. The first-order valence-corrected chi connectivity index (χ1v) is 16.1. The van der Waals surface area contributed by atoms with E-state index in [1.807, 2.05) is 36.7 Å². The van der Waals surface area contributed by atoms with Gasteiger partial charge in [-0.3, -0.25) is 4.79 Å². The van der Waals surface area contributed by atoms with Crippen molar-refractivity contribution in [3.05, 3.63) is 94.0 Å². The van der Waals surface area contributed by atoms with Crippen LogP contribution in [-0.4, -0.2) is 47.6 Å². The molecule has 3 aromatic carbocycles. The fourth-order valence-electron chi connectivity index (χ4n) is 6.31. The first-order chi connectivity index (χ1) is 21.8. The van der Waals surface area contributed by atoms with Crippen molar-refractivity contribution in [3.63, 3.8) is 0 Å². The molecule has 1 aliphatic heterocycles. The predicted octanol–water partition coefficient (Wildman–Crippen LogP) is 7.42. The van der Waals surface area contributed by atoms with Crippen LogP contribution in [0.2, 0.25) is 0 Å². The zero-order valence-electron chi connectivity index (χ0n) is 27.4. The fraction of sp³-hybridized carbons (Fsp3) is 0.486. The second-order valence-corrected chi connectivity index (χ2v) is 12.6. The van der Waals surface area contributed by atoms with Crippen molar-refractivity contribution < 1.29 is 23.7 Å². The van der Waals surface area contributed by atoms with Gasteiger partial charge in [0.1, 0.15) is 5.52 Å².